The Morgan fingerprint density at radius 3 is 2.65 bits per heavy atom. The normalized spacial score (nSPS) is 10.0. The van der Waals surface area contributed by atoms with Gasteiger partial charge in [0.15, 0.2) is 0 Å². The second kappa shape index (κ2) is 6.72. The van der Waals surface area contributed by atoms with Crippen LogP contribution in [0.4, 0.5) is 4.79 Å². The summed E-state index contributed by atoms with van der Waals surface area (Å²) in [6.07, 6.45) is -0.529. The molecule has 0 saturated heterocycles. The van der Waals surface area contributed by atoms with E-state index in [2.05, 4.69) is 5.32 Å². The van der Waals surface area contributed by atoms with Crippen LogP contribution in [-0.4, -0.2) is 17.2 Å². The summed E-state index contributed by atoms with van der Waals surface area (Å²) >= 11 is 1.28. The van der Waals surface area contributed by atoms with Crippen LogP contribution < -0.4 is 5.32 Å². The van der Waals surface area contributed by atoms with E-state index in [1.165, 1.54) is 22.8 Å². The summed E-state index contributed by atoms with van der Waals surface area (Å²) in [4.78, 5) is 23.0. The van der Waals surface area contributed by atoms with Gasteiger partial charge in [-0.3, -0.25) is 0 Å². The van der Waals surface area contributed by atoms with Crippen LogP contribution in [0.1, 0.15) is 20.8 Å². The molecule has 2 N–H and O–H groups in total. The van der Waals surface area contributed by atoms with E-state index in [1.807, 2.05) is 30.3 Å². The minimum Gasteiger partial charge on any atom is -0.478 e. The molecule has 104 valence electrons. The number of carboxylic acids is 1. The third-order valence-corrected chi connectivity index (χ3v) is 3.46. The first kappa shape index (κ1) is 14.1. The maximum atomic E-state index is 11.5. The highest BCUT2D eigenvalue weighted by atomic mass is 32.1. The quantitative estimate of drug-likeness (QED) is 0.888. The number of carboxylic acid groups (broad SMARTS) is 1. The summed E-state index contributed by atoms with van der Waals surface area (Å²) in [5.41, 5.74) is 1.14. The monoisotopic (exact) mass is 291 g/mol. The van der Waals surface area contributed by atoms with E-state index in [4.69, 9.17) is 9.84 Å². The minimum atomic E-state index is -0.973. The van der Waals surface area contributed by atoms with Gasteiger partial charge in [-0.05, 0) is 11.6 Å². The molecule has 2 rings (SSSR count). The number of hydrogen-bond acceptors (Lipinski definition) is 4. The Bertz CT molecular complexity index is 594. The highest BCUT2D eigenvalue weighted by Gasteiger charge is 2.08. The molecule has 0 aliphatic rings. The lowest BCUT2D eigenvalue weighted by atomic mass is 10.2. The van der Waals surface area contributed by atoms with Gasteiger partial charge < -0.3 is 15.2 Å². The number of thiophene rings is 1. The average molecular weight is 291 g/mol. The van der Waals surface area contributed by atoms with Crippen molar-refractivity contribution in [2.24, 2.45) is 0 Å². The largest absolute Gasteiger partial charge is 0.478 e. The second-order valence-corrected chi connectivity index (χ2v) is 5.02. The van der Waals surface area contributed by atoms with Crippen LogP contribution in [0.2, 0.25) is 0 Å². The maximum absolute atomic E-state index is 11.5. The number of benzene rings is 1. The minimum absolute atomic E-state index is 0.206. The van der Waals surface area contributed by atoms with Crippen molar-refractivity contribution in [3.05, 3.63) is 57.8 Å². The van der Waals surface area contributed by atoms with E-state index in [9.17, 15) is 9.59 Å². The van der Waals surface area contributed by atoms with Crippen LogP contribution in [0, 0.1) is 0 Å². The van der Waals surface area contributed by atoms with Crippen LogP contribution in [0.3, 0.4) is 0 Å². The Morgan fingerprint density at radius 1 is 1.25 bits per heavy atom. The number of ether oxygens (including phenoxy) is 1. The third-order valence-electron chi connectivity index (χ3n) is 2.52. The number of nitrogens with one attached hydrogen (secondary N) is 1. The van der Waals surface area contributed by atoms with Crippen molar-refractivity contribution in [1.29, 1.82) is 0 Å². The lowest BCUT2D eigenvalue weighted by Crippen LogP contribution is -2.23. The average Bonchev–Trinajstić information content (AvgIpc) is 2.93. The number of rotatable bonds is 5. The number of alkyl carbamates (subject to hydrolysis) is 1. The molecule has 1 aromatic carbocycles. The zero-order valence-corrected chi connectivity index (χ0v) is 11.4. The van der Waals surface area contributed by atoms with E-state index in [0.29, 0.717) is 0 Å². The molecule has 0 aliphatic carbocycles. The summed E-state index contributed by atoms with van der Waals surface area (Å²) in [6, 6.07) is 10.9. The molecule has 0 saturated carbocycles. The highest BCUT2D eigenvalue weighted by molar-refractivity contribution is 7.10. The number of amides is 1. The summed E-state index contributed by atoms with van der Waals surface area (Å²) < 4.78 is 5.04. The van der Waals surface area contributed by atoms with E-state index in [1.54, 1.807) is 0 Å². The molecule has 0 atom stereocenters. The number of carbonyl (C=O) groups is 2. The summed E-state index contributed by atoms with van der Waals surface area (Å²) in [5, 5.41) is 12.9. The van der Waals surface area contributed by atoms with Gasteiger partial charge >= 0.3 is 12.1 Å². The molecule has 0 unspecified atom stereocenters. The van der Waals surface area contributed by atoms with Gasteiger partial charge in [0.05, 0.1) is 12.1 Å². The molecule has 5 nitrogen and oxygen atoms in total. The Morgan fingerprint density at radius 2 is 2.00 bits per heavy atom. The van der Waals surface area contributed by atoms with Crippen molar-refractivity contribution in [2.75, 3.05) is 0 Å². The van der Waals surface area contributed by atoms with Crippen LogP contribution in [-0.2, 0) is 17.9 Å². The fourth-order valence-corrected chi connectivity index (χ4v) is 2.32. The van der Waals surface area contributed by atoms with Crippen molar-refractivity contribution >= 4 is 23.4 Å². The van der Waals surface area contributed by atoms with Crippen LogP contribution in [0.15, 0.2) is 41.8 Å². The molecule has 0 bridgehead atoms. The fraction of sp³-hybridized carbons (Fsp3) is 0.143. The van der Waals surface area contributed by atoms with E-state index < -0.39 is 12.1 Å². The van der Waals surface area contributed by atoms with Crippen LogP contribution >= 0.6 is 11.3 Å². The van der Waals surface area contributed by atoms with Gasteiger partial charge in [0.2, 0.25) is 0 Å². The van der Waals surface area contributed by atoms with E-state index in [0.717, 1.165) is 10.4 Å². The SMILES string of the molecule is O=C(NCc1cc(C(=O)O)cs1)OCc1ccccc1. The van der Waals surface area contributed by atoms with Crippen molar-refractivity contribution < 1.29 is 19.4 Å². The summed E-state index contributed by atoms with van der Waals surface area (Å²) in [6.45, 7) is 0.461. The molecular weight excluding hydrogens is 278 g/mol. The molecule has 1 heterocycles. The first-order valence-corrected chi connectivity index (χ1v) is 6.78. The summed E-state index contributed by atoms with van der Waals surface area (Å²) in [7, 11) is 0. The molecule has 20 heavy (non-hydrogen) atoms. The van der Waals surface area contributed by atoms with Crippen molar-refractivity contribution in [1.82, 2.24) is 5.32 Å². The standard InChI is InChI=1S/C14H13NO4S/c16-13(17)11-6-12(20-9-11)7-15-14(18)19-8-10-4-2-1-3-5-10/h1-6,9H,7-8H2,(H,15,18)(H,16,17). The predicted octanol–water partition coefficient (Wildman–Crippen LogP) is 2.87. The molecule has 0 spiro atoms. The van der Waals surface area contributed by atoms with Gasteiger partial charge in [0, 0.05) is 10.3 Å². The van der Waals surface area contributed by atoms with Crippen LogP contribution in [0.5, 0.6) is 0 Å². The fourth-order valence-electron chi connectivity index (χ4n) is 1.52. The molecule has 2 aromatic rings. The maximum Gasteiger partial charge on any atom is 0.407 e. The van der Waals surface area contributed by atoms with Gasteiger partial charge in [0.25, 0.3) is 0 Å². The Hall–Kier alpha value is -2.34. The highest BCUT2D eigenvalue weighted by Crippen LogP contribution is 2.14. The lowest BCUT2D eigenvalue weighted by Gasteiger charge is -2.05. The zero-order chi connectivity index (χ0) is 14.4. The number of aromatic carboxylic acids is 1. The van der Waals surface area contributed by atoms with Gasteiger partial charge in [-0.25, -0.2) is 9.59 Å². The molecule has 0 fully saturated rings. The van der Waals surface area contributed by atoms with Gasteiger partial charge in [0.1, 0.15) is 6.61 Å². The second-order valence-electron chi connectivity index (χ2n) is 4.02. The van der Waals surface area contributed by atoms with Gasteiger partial charge in [-0.15, -0.1) is 11.3 Å². The Kier molecular flexibility index (Phi) is 4.73. The van der Waals surface area contributed by atoms with Crippen molar-refractivity contribution in [2.45, 2.75) is 13.2 Å². The van der Waals surface area contributed by atoms with Crippen molar-refractivity contribution in [3.8, 4) is 0 Å². The summed E-state index contributed by atoms with van der Waals surface area (Å²) in [5.74, 6) is -0.973. The first-order chi connectivity index (χ1) is 9.65. The molecule has 0 radical (unpaired) electrons. The molecule has 1 aromatic heterocycles. The Balaban J connectivity index is 1.76. The molecule has 1 amide bonds. The van der Waals surface area contributed by atoms with Crippen molar-refractivity contribution in [3.63, 3.8) is 0 Å². The van der Waals surface area contributed by atoms with E-state index in [-0.39, 0.29) is 18.7 Å². The number of hydrogen-bond donors (Lipinski definition) is 2. The Labute approximate surface area is 119 Å². The molecular formula is C14H13NO4S. The lowest BCUT2D eigenvalue weighted by molar-refractivity contribution is 0.0697. The van der Waals surface area contributed by atoms with E-state index >= 15 is 0 Å². The topological polar surface area (TPSA) is 75.6 Å². The predicted molar refractivity (Wildman–Crippen MR) is 74.7 cm³/mol. The zero-order valence-electron chi connectivity index (χ0n) is 10.5. The third kappa shape index (κ3) is 4.10. The molecule has 0 aliphatic heterocycles. The number of carbonyl (C=O) groups excluding carboxylic acids is 1. The smallest absolute Gasteiger partial charge is 0.407 e. The van der Waals surface area contributed by atoms with Gasteiger partial charge in [-0.1, -0.05) is 30.3 Å². The first-order valence-electron chi connectivity index (χ1n) is 5.90. The van der Waals surface area contributed by atoms with Gasteiger partial charge in [-0.2, -0.15) is 0 Å². The molecule has 6 heteroatoms. The van der Waals surface area contributed by atoms with Crippen LogP contribution in [0.25, 0.3) is 0 Å².